The van der Waals surface area contributed by atoms with E-state index in [4.69, 9.17) is 11.5 Å². The van der Waals surface area contributed by atoms with Crippen molar-refractivity contribution in [2.75, 3.05) is 26.7 Å². The molecule has 1 heterocycles. The summed E-state index contributed by atoms with van der Waals surface area (Å²) in [7, 11) is 1.84. The molecule has 0 aliphatic carbocycles. The van der Waals surface area contributed by atoms with Crippen molar-refractivity contribution in [3.05, 3.63) is 40.3 Å². The van der Waals surface area contributed by atoms with E-state index in [1.165, 1.54) is 17.0 Å². The van der Waals surface area contributed by atoms with Gasteiger partial charge in [-0.15, -0.1) is 0 Å². The van der Waals surface area contributed by atoms with E-state index in [2.05, 4.69) is 41.6 Å². The third kappa shape index (κ3) is 17.3. The second-order valence-corrected chi connectivity index (χ2v) is 15.7. The first kappa shape index (κ1) is 50.5. The van der Waals surface area contributed by atoms with Crippen molar-refractivity contribution in [1.29, 1.82) is 0 Å². The SMILES string of the molecule is CC[C@H](C)[C@@H](NC(=O)[C@@H](Cc1ccc(O)cc1)NC(=O)[C@H]1CCCN1C(=O)[C@@H](CCCN=C(N)N)NC(=O)[C@H](CCCCCNC)N=[N+]=[N-])C(=O)N[C@H](CC(C)C)C(=O)O. The molecule has 60 heavy (non-hydrogen) atoms. The van der Waals surface area contributed by atoms with Gasteiger partial charge in [0.1, 0.15) is 42.0 Å². The maximum absolute atomic E-state index is 14.3. The van der Waals surface area contributed by atoms with Crippen molar-refractivity contribution in [2.24, 2.45) is 33.4 Å². The number of azide groups is 1. The second-order valence-electron chi connectivity index (χ2n) is 15.7. The zero-order valence-electron chi connectivity index (χ0n) is 35.6. The molecule has 1 aliphatic rings. The lowest BCUT2D eigenvalue weighted by Gasteiger charge is -2.31. The second kappa shape index (κ2) is 26.5. The van der Waals surface area contributed by atoms with Crippen LogP contribution in [0.4, 0.5) is 0 Å². The number of hydrogen-bond acceptors (Lipinski definition) is 10. The topological polar surface area (TPSA) is 319 Å². The maximum atomic E-state index is 14.3. The van der Waals surface area contributed by atoms with Gasteiger partial charge in [-0.25, -0.2) is 4.79 Å². The number of amides is 5. The van der Waals surface area contributed by atoms with E-state index in [0.717, 1.165) is 19.4 Å². The highest BCUT2D eigenvalue weighted by Crippen LogP contribution is 2.22. The van der Waals surface area contributed by atoms with Crippen LogP contribution in [-0.4, -0.2) is 120 Å². The third-order valence-corrected chi connectivity index (χ3v) is 10.4. The largest absolute Gasteiger partial charge is 0.508 e. The summed E-state index contributed by atoms with van der Waals surface area (Å²) < 4.78 is 0. The lowest BCUT2D eigenvalue weighted by Crippen LogP contribution is -2.60. The van der Waals surface area contributed by atoms with Gasteiger partial charge < -0.3 is 53.2 Å². The molecule has 11 N–H and O–H groups in total. The summed E-state index contributed by atoms with van der Waals surface area (Å²) in [6.45, 7) is 8.35. The van der Waals surface area contributed by atoms with Crippen LogP contribution in [0.1, 0.15) is 97.5 Å². The molecule has 0 saturated carbocycles. The Kier molecular flexibility index (Phi) is 22.3. The average Bonchev–Trinajstić information content (AvgIpc) is 3.70. The molecule has 20 nitrogen and oxygen atoms in total. The van der Waals surface area contributed by atoms with Gasteiger partial charge in [0, 0.05) is 24.4 Å². The van der Waals surface area contributed by atoms with Crippen LogP contribution in [0.3, 0.4) is 0 Å². The number of guanidine groups is 1. The first-order valence-corrected chi connectivity index (χ1v) is 20.8. The van der Waals surface area contributed by atoms with Crippen LogP contribution in [0.25, 0.3) is 10.4 Å². The Morgan fingerprint density at radius 1 is 0.900 bits per heavy atom. The zero-order chi connectivity index (χ0) is 44.8. The van der Waals surface area contributed by atoms with Gasteiger partial charge in [0.05, 0.1) is 0 Å². The lowest BCUT2D eigenvalue weighted by molar-refractivity contribution is -0.143. The van der Waals surface area contributed by atoms with Crippen molar-refractivity contribution in [2.45, 2.75) is 135 Å². The van der Waals surface area contributed by atoms with Crippen LogP contribution in [0.5, 0.6) is 5.75 Å². The van der Waals surface area contributed by atoms with E-state index >= 15 is 0 Å². The van der Waals surface area contributed by atoms with Gasteiger partial charge in [-0.1, -0.05) is 64.2 Å². The van der Waals surface area contributed by atoms with Crippen molar-refractivity contribution < 1.29 is 39.0 Å². The Hall–Kier alpha value is -5.62. The number of carbonyl (C=O) groups excluding carboxylic acids is 5. The first-order chi connectivity index (χ1) is 28.5. The minimum atomic E-state index is -1.27. The Bertz CT molecular complexity index is 1650. The van der Waals surface area contributed by atoms with Crippen molar-refractivity contribution >= 4 is 41.5 Å². The standard InChI is InChI=1S/C40H66N12O8/c1-6-25(4)33(37(57)48-31(39(59)60)22-24(2)3)49-35(55)30(23-26-15-17-27(53)18-16-26)47-36(56)32-14-11-21-52(32)38(58)29(13-10-20-45-40(41)42)46-34(54)28(50-51-43)12-8-7-9-19-44-5/h15-18,24-25,28-33,44,53H,6-14,19-23H2,1-5H3,(H,46,54)(H,47,56)(H,48,57)(H,49,55)(H,59,60)(H4,41,42,45)/t25-,28-,29+,30+,31+,32+,33+/m0/s1. The fourth-order valence-corrected chi connectivity index (χ4v) is 6.91. The molecule has 2 rings (SSSR count). The number of nitrogens with one attached hydrogen (secondary N) is 5. The van der Waals surface area contributed by atoms with Gasteiger partial charge in [-0.2, -0.15) is 0 Å². The van der Waals surface area contributed by atoms with E-state index in [1.54, 1.807) is 19.1 Å². The lowest BCUT2D eigenvalue weighted by atomic mass is 9.96. The normalized spacial score (nSPS) is 16.6. The number of hydrogen-bond donors (Lipinski definition) is 9. The number of carboxylic acid groups (broad SMARTS) is 1. The van der Waals surface area contributed by atoms with Crippen molar-refractivity contribution in [3.63, 3.8) is 0 Å². The van der Waals surface area contributed by atoms with Crippen LogP contribution < -0.4 is 38.1 Å². The van der Waals surface area contributed by atoms with Gasteiger partial charge >= 0.3 is 5.97 Å². The summed E-state index contributed by atoms with van der Waals surface area (Å²) in [6, 6.07) is -0.811. The van der Waals surface area contributed by atoms with E-state index in [1.807, 2.05) is 27.8 Å². The first-order valence-electron chi connectivity index (χ1n) is 20.8. The van der Waals surface area contributed by atoms with Gasteiger partial charge in [-0.3, -0.25) is 29.0 Å². The summed E-state index contributed by atoms with van der Waals surface area (Å²) in [6.07, 6.45) is 4.18. The van der Waals surface area contributed by atoms with Crippen molar-refractivity contribution in [1.82, 2.24) is 31.5 Å². The van der Waals surface area contributed by atoms with Crippen LogP contribution in [0.15, 0.2) is 34.4 Å². The minimum absolute atomic E-state index is 0.0120. The number of unbranched alkanes of at least 4 members (excludes halogenated alkanes) is 2. The number of phenols is 1. The molecular weight excluding hydrogens is 777 g/mol. The number of benzene rings is 1. The smallest absolute Gasteiger partial charge is 0.326 e. The quantitative estimate of drug-likeness (QED) is 0.0153. The summed E-state index contributed by atoms with van der Waals surface area (Å²) in [5.74, 6) is -5.06. The number of carbonyl (C=O) groups is 6. The fourth-order valence-electron chi connectivity index (χ4n) is 6.91. The predicted molar refractivity (Wildman–Crippen MR) is 226 cm³/mol. The number of likely N-dealkylation sites (tertiary alicyclic amines) is 1. The number of nitrogens with two attached hydrogens (primary N) is 2. The molecule has 0 bridgehead atoms. The van der Waals surface area contributed by atoms with Gasteiger partial charge in [0.2, 0.25) is 29.5 Å². The van der Waals surface area contributed by atoms with Crippen molar-refractivity contribution in [3.8, 4) is 5.75 Å². The Labute approximate surface area is 352 Å². The van der Waals surface area contributed by atoms with Gasteiger partial charge in [0.25, 0.3) is 0 Å². The van der Waals surface area contributed by atoms with E-state index in [9.17, 15) is 44.5 Å². The van der Waals surface area contributed by atoms with E-state index in [0.29, 0.717) is 31.2 Å². The zero-order valence-corrected chi connectivity index (χ0v) is 35.6. The number of aliphatic carboxylic acids is 1. The Morgan fingerprint density at radius 3 is 2.18 bits per heavy atom. The molecule has 20 heteroatoms. The summed E-state index contributed by atoms with van der Waals surface area (Å²) >= 11 is 0. The molecule has 1 aromatic rings. The maximum Gasteiger partial charge on any atom is 0.326 e. The molecule has 0 unspecified atom stereocenters. The Balaban J connectivity index is 2.39. The fraction of sp³-hybridized carbons (Fsp3) is 0.675. The molecule has 1 aromatic carbocycles. The van der Waals surface area contributed by atoms with E-state index < -0.39 is 77.7 Å². The molecule has 0 radical (unpaired) electrons. The molecule has 334 valence electrons. The van der Waals surface area contributed by atoms with E-state index in [-0.39, 0.29) is 62.8 Å². The molecule has 0 aromatic heterocycles. The highest BCUT2D eigenvalue weighted by atomic mass is 16.4. The monoisotopic (exact) mass is 843 g/mol. The average molecular weight is 843 g/mol. The molecule has 1 fully saturated rings. The highest BCUT2D eigenvalue weighted by molar-refractivity contribution is 5.97. The van der Waals surface area contributed by atoms with Crippen LogP contribution in [0, 0.1) is 11.8 Å². The van der Waals surface area contributed by atoms with Crippen LogP contribution in [-0.2, 0) is 35.2 Å². The molecule has 1 saturated heterocycles. The summed E-state index contributed by atoms with van der Waals surface area (Å²) in [5, 5.41) is 37.2. The number of aromatic hydroxyl groups is 1. The van der Waals surface area contributed by atoms with Gasteiger partial charge in [0.15, 0.2) is 5.96 Å². The molecule has 1 aliphatic heterocycles. The number of rotatable bonds is 27. The van der Waals surface area contributed by atoms with Gasteiger partial charge in [-0.05, 0) is 93.6 Å². The molecular formula is C40H66N12O8. The van der Waals surface area contributed by atoms with Crippen LogP contribution in [0.2, 0.25) is 0 Å². The minimum Gasteiger partial charge on any atom is -0.508 e. The molecule has 7 atom stereocenters. The number of nitrogens with zero attached hydrogens (tertiary/aromatic N) is 5. The summed E-state index contributed by atoms with van der Waals surface area (Å²) in [5.41, 5.74) is 20.7. The predicted octanol–water partition coefficient (Wildman–Crippen LogP) is 1.55. The number of carboxylic acids is 1. The molecule has 0 spiro atoms. The number of phenolic OH excluding ortho intramolecular Hbond substituents is 1. The third-order valence-electron chi connectivity index (χ3n) is 10.4. The summed E-state index contributed by atoms with van der Waals surface area (Å²) in [4.78, 5) is 89.7. The van der Waals surface area contributed by atoms with Crippen LogP contribution >= 0.6 is 0 Å². The Morgan fingerprint density at radius 2 is 1.58 bits per heavy atom. The number of aliphatic imine (C=N–C) groups is 1. The molecule has 5 amide bonds. The highest BCUT2D eigenvalue weighted by Gasteiger charge is 2.40.